The van der Waals surface area contributed by atoms with E-state index in [9.17, 15) is 14.4 Å². The minimum atomic E-state index is -0.918. The third kappa shape index (κ3) is 4.61. The summed E-state index contributed by atoms with van der Waals surface area (Å²) in [6.07, 6.45) is -0.161. The number of nitrogens with zero attached hydrogens (tertiary/aromatic N) is 2. The van der Waals surface area contributed by atoms with Crippen LogP contribution in [-0.2, 0) is 16.1 Å². The van der Waals surface area contributed by atoms with E-state index in [1.165, 1.54) is 16.2 Å². The van der Waals surface area contributed by atoms with Gasteiger partial charge < -0.3 is 15.0 Å². The molecule has 0 saturated carbocycles. The van der Waals surface area contributed by atoms with Gasteiger partial charge in [0.15, 0.2) is 0 Å². The molecule has 0 bridgehead atoms. The summed E-state index contributed by atoms with van der Waals surface area (Å²) in [6, 6.07) is 15.7. The number of nitrogens with one attached hydrogen (secondary N) is 1. The lowest BCUT2D eigenvalue weighted by molar-refractivity contribution is -0.124. The van der Waals surface area contributed by atoms with Gasteiger partial charge in [-0.05, 0) is 60.0 Å². The van der Waals surface area contributed by atoms with E-state index >= 15 is 0 Å². The number of hydrogen-bond acceptors (Lipinski definition) is 5. The summed E-state index contributed by atoms with van der Waals surface area (Å²) in [6.45, 7) is 0.244. The van der Waals surface area contributed by atoms with Crippen LogP contribution in [-0.4, -0.2) is 35.9 Å². The van der Waals surface area contributed by atoms with Crippen molar-refractivity contribution in [3.05, 3.63) is 75.9 Å². The van der Waals surface area contributed by atoms with E-state index in [-0.39, 0.29) is 18.9 Å². The zero-order chi connectivity index (χ0) is 22.7. The Morgan fingerprint density at radius 1 is 1.09 bits per heavy atom. The maximum atomic E-state index is 13.3. The van der Waals surface area contributed by atoms with Crippen LogP contribution in [0.2, 0.25) is 5.02 Å². The predicted molar refractivity (Wildman–Crippen MR) is 124 cm³/mol. The van der Waals surface area contributed by atoms with Crippen molar-refractivity contribution in [1.29, 1.82) is 0 Å². The summed E-state index contributed by atoms with van der Waals surface area (Å²) >= 11 is 7.37. The number of carbonyl (C=O) groups excluding carboxylic acids is 3. The number of halogens is 1. The van der Waals surface area contributed by atoms with Crippen molar-refractivity contribution in [2.75, 3.05) is 17.3 Å². The van der Waals surface area contributed by atoms with Crippen LogP contribution in [0.3, 0.4) is 0 Å². The van der Waals surface area contributed by atoms with Crippen molar-refractivity contribution in [1.82, 2.24) is 4.90 Å². The van der Waals surface area contributed by atoms with E-state index in [0.717, 1.165) is 9.78 Å². The Kier molecular flexibility index (Phi) is 6.43. The Balaban J connectivity index is 1.57. The van der Waals surface area contributed by atoms with Gasteiger partial charge in [-0.15, -0.1) is 11.3 Å². The van der Waals surface area contributed by atoms with Gasteiger partial charge in [0.05, 0.1) is 25.8 Å². The number of hydrogen-bond donors (Lipinski definition) is 1. The highest BCUT2D eigenvalue weighted by Crippen LogP contribution is 2.30. The Morgan fingerprint density at radius 2 is 1.81 bits per heavy atom. The number of urea groups is 1. The van der Waals surface area contributed by atoms with Crippen LogP contribution < -0.4 is 15.0 Å². The Hall–Kier alpha value is -3.36. The molecule has 4 rings (SSSR count). The highest BCUT2D eigenvalue weighted by Gasteiger charge is 2.46. The molecule has 0 radical (unpaired) electrons. The molecule has 7 nitrogen and oxygen atoms in total. The third-order valence-corrected chi connectivity index (χ3v) is 6.18. The third-order valence-electron chi connectivity index (χ3n) is 5.06. The summed E-state index contributed by atoms with van der Waals surface area (Å²) in [4.78, 5) is 42.7. The normalized spacial score (nSPS) is 15.9. The molecule has 164 valence electrons. The Morgan fingerprint density at radius 3 is 2.44 bits per heavy atom. The van der Waals surface area contributed by atoms with Crippen LogP contribution in [0, 0.1) is 0 Å². The molecule has 32 heavy (non-hydrogen) atoms. The van der Waals surface area contributed by atoms with Crippen LogP contribution in [0.1, 0.15) is 11.3 Å². The van der Waals surface area contributed by atoms with Crippen molar-refractivity contribution in [3.8, 4) is 5.75 Å². The molecule has 2 heterocycles. The monoisotopic (exact) mass is 469 g/mol. The molecule has 0 aliphatic carbocycles. The van der Waals surface area contributed by atoms with Gasteiger partial charge in [-0.1, -0.05) is 17.7 Å². The molecule has 4 amide bonds. The van der Waals surface area contributed by atoms with Crippen LogP contribution in [0.4, 0.5) is 16.2 Å². The summed E-state index contributed by atoms with van der Waals surface area (Å²) < 4.78 is 5.16. The second-order valence-corrected chi connectivity index (χ2v) is 8.61. The van der Waals surface area contributed by atoms with Gasteiger partial charge in [0.1, 0.15) is 11.8 Å². The first-order chi connectivity index (χ1) is 15.5. The second kappa shape index (κ2) is 9.42. The molecule has 1 N–H and O–H groups in total. The average Bonchev–Trinajstić information content (AvgIpc) is 3.38. The number of carbonyl (C=O) groups is 3. The lowest BCUT2D eigenvalue weighted by atomic mass is 10.1. The first-order valence-electron chi connectivity index (χ1n) is 9.82. The molecule has 1 aromatic heterocycles. The average molecular weight is 470 g/mol. The van der Waals surface area contributed by atoms with E-state index < -0.39 is 18.0 Å². The highest BCUT2D eigenvalue weighted by atomic mass is 35.5. The maximum absolute atomic E-state index is 13.3. The van der Waals surface area contributed by atoms with Crippen LogP contribution in [0.25, 0.3) is 0 Å². The lowest BCUT2D eigenvalue weighted by Gasteiger charge is -2.21. The first kappa shape index (κ1) is 21.9. The summed E-state index contributed by atoms with van der Waals surface area (Å²) in [7, 11) is 1.54. The number of anilines is 2. The van der Waals surface area contributed by atoms with Crippen molar-refractivity contribution in [3.63, 3.8) is 0 Å². The van der Waals surface area contributed by atoms with Gasteiger partial charge in [0.25, 0.3) is 5.91 Å². The quantitative estimate of drug-likeness (QED) is 0.505. The van der Waals surface area contributed by atoms with Crippen molar-refractivity contribution in [2.45, 2.75) is 19.0 Å². The van der Waals surface area contributed by atoms with Gasteiger partial charge in [0.2, 0.25) is 5.91 Å². The Labute approximate surface area is 194 Å². The lowest BCUT2D eigenvalue weighted by Crippen LogP contribution is -2.37. The molecule has 1 atom stereocenters. The van der Waals surface area contributed by atoms with Gasteiger partial charge in [-0.3, -0.25) is 9.59 Å². The minimum absolute atomic E-state index is 0.161. The van der Waals surface area contributed by atoms with Crippen molar-refractivity contribution in [2.24, 2.45) is 0 Å². The number of benzene rings is 2. The largest absolute Gasteiger partial charge is 0.497 e. The number of thiophene rings is 1. The molecule has 0 spiro atoms. The topological polar surface area (TPSA) is 79.0 Å². The van der Waals surface area contributed by atoms with Crippen molar-refractivity contribution >= 4 is 52.2 Å². The Bertz CT molecular complexity index is 1120. The molecule has 0 unspecified atom stereocenters. The SMILES string of the molecule is COc1ccc(N2C(=O)[C@H](CC(=O)Nc3ccc(Cl)cc3)N(Cc3cccs3)C2=O)cc1. The number of rotatable bonds is 7. The molecule has 9 heteroatoms. The predicted octanol–water partition coefficient (Wildman–Crippen LogP) is 4.78. The van der Waals surface area contributed by atoms with Crippen LogP contribution >= 0.6 is 22.9 Å². The minimum Gasteiger partial charge on any atom is -0.497 e. The molecular formula is C23H20ClN3O4S. The van der Waals surface area contributed by atoms with Crippen LogP contribution in [0.5, 0.6) is 5.75 Å². The second-order valence-electron chi connectivity index (χ2n) is 7.14. The summed E-state index contributed by atoms with van der Waals surface area (Å²) in [5.41, 5.74) is 0.991. The number of imide groups is 1. The number of ether oxygens (including phenoxy) is 1. The van der Waals surface area contributed by atoms with Gasteiger partial charge >= 0.3 is 6.03 Å². The van der Waals surface area contributed by atoms with Gasteiger partial charge in [-0.25, -0.2) is 9.69 Å². The fourth-order valence-electron chi connectivity index (χ4n) is 3.47. The zero-order valence-corrected chi connectivity index (χ0v) is 18.7. The molecule has 1 saturated heterocycles. The van der Waals surface area contributed by atoms with E-state index in [1.54, 1.807) is 55.6 Å². The maximum Gasteiger partial charge on any atom is 0.332 e. The standard InChI is InChI=1S/C23H20ClN3O4S/c1-31-18-10-8-17(9-11-18)27-22(29)20(26(23(27)30)14-19-3-2-12-32-19)13-21(28)25-16-6-4-15(24)5-7-16/h2-12,20H,13-14H2,1H3,(H,25,28)/t20-/m0/s1. The molecule has 1 fully saturated rings. The smallest absolute Gasteiger partial charge is 0.332 e. The summed E-state index contributed by atoms with van der Waals surface area (Å²) in [5, 5.41) is 5.22. The fourth-order valence-corrected chi connectivity index (χ4v) is 4.30. The number of methoxy groups -OCH3 is 1. The number of amides is 4. The van der Waals surface area contributed by atoms with Gasteiger partial charge in [0, 0.05) is 15.6 Å². The van der Waals surface area contributed by atoms with E-state index in [4.69, 9.17) is 16.3 Å². The van der Waals surface area contributed by atoms with E-state index in [1.807, 2.05) is 17.5 Å². The molecule has 2 aromatic carbocycles. The highest BCUT2D eigenvalue weighted by molar-refractivity contribution is 7.09. The molecule has 3 aromatic rings. The summed E-state index contributed by atoms with van der Waals surface area (Å²) in [5.74, 6) is -0.198. The van der Waals surface area contributed by atoms with Crippen molar-refractivity contribution < 1.29 is 19.1 Å². The first-order valence-corrected chi connectivity index (χ1v) is 11.1. The van der Waals surface area contributed by atoms with Gasteiger partial charge in [-0.2, -0.15) is 0 Å². The van der Waals surface area contributed by atoms with Crippen LogP contribution in [0.15, 0.2) is 66.0 Å². The molecule has 1 aliphatic heterocycles. The van der Waals surface area contributed by atoms with E-state index in [0.29, 0.717) is 22.1 Å². The molecular weight excluding hydrogens is 450 g/mol. The fraction of sp³-hybridized carbons (Fsp3) is 0.174. The molecule has 1 aliphatic rings. The van der Waals surface area contributed by atoms with E-state index in [2.05, 4.69) is 5.32 Å². The zero-order valence-electron chi connectivity index (χ0n) is 17.2.